The van der Waals surface area contributed by atoms with Crippen molar-refractivity contribution in [2.45, 2.75) is 13.0 Å². The number of fused-ring (bicyclic) bond motifs is 2. The van der Waals surface area contributed by atoms with E-state index in [1.165, 1.54) is 17.2 Å². The predicted molar refractivity (Wildman–Crippen MR) is 112 cm³/mol. The first kappa shape index (κ1) is 19.2. The zero-order valence-electron chi connectivity index (χ0n) is 16.0. The number of aromatic nitrogens is 6. The largest absolute Gasteiger partial charge is 0.360 e. The zero-order chi connectivity index (χ0) is 21.7. The van der Waals surface area contributed by atoms with Gasteiger partial charge in [-0.05, 0) is 25.1 Å². The third kappa shape index (κ3) is 3.21. The molecule has 1 unspecified atom stereocenters. The number of H-pyrrole nitrogens is 1. The quantitative estimate of drug-likeness (QED) is 0.442. The molecule has 0 spiro atoms. The Morgan fingerprint density at radius 1 is 1.16 bits per heavy atom. The summed E-state index contributed by atoms with van der Waals surface area (Å²) >= 11 is 6.19. The molecule has 5 aromatic rings. The Bertz CT molecular complexity index is 1490. The number of aromatic amines is 1. The van der Waals surface area contributed by atoms with Crippen LogP contribution in [0.3, 0.4) is 0 Å². The van der Waals surface area contributed by atoms with E-state index in [0.29, 0.717) is 22.7 Å². The van der Waals surface area contributed by atoms with Crippen molar-refractivity contribution in [3.8, 4) is 5.69 Å². The van der Waals surface area contributed by atoms with Crippen LogP contribution in [-0.4, -0.2) is 28.9 Å². The third-order valence-corrected chi connectivity index (χ3v) is 5.23. The molecule has 0 saturated heterocycles. The first-order chi connectivity index (χ1) is 14.9. The van der Waals surface area contributed by atoms with Gasteiger partial charge in [-0.2, -0.15) is 0 Å². The van der Waals surface area contributed by atoms with Crippen molar-refractivity contribution < 1.29 is 8.78 Å². The van der Waals surface area contributed by atoms with Crippen LogP contribution in [0.1, 0.15) is 18.7 Å². The fraction of sp³-hybridized carbons (Fsp3) is 0.100. The van der Waals surface area contributed by atoms with Gasteiger partial charge in [-0.3, -0.25) is 9.36 Å². The lowest BCUT2D eigenvalue weighted by molar-refractivity contribution is 0.580. The fourth-order valence-electron chi connectivity index (χ4n) is 3.56. The molecule has 4 heterocycles. The summed E-state index contributed by atoms with van der Waals surface area (Å²) in [5.74, 6) is -1.14. The van der Waals surface area contributed by atoms with Gasteiger partial charge in [0.1, 0.15) is 29.0 Å². The second-order valence-electron chi connectivity index (χ2n) is 6.93. The minimum absolute atomic E-state index is 0.0419. The highest BCUT2D eigenvalue weighted by atomic mass is 35.5. The first-order valence-corrected chi connectivity index (χ1v) is 9.59. The maximum absolute atomic E-state index is 14.0. The summed E-state index contributed by atoms with van der Waals surface area (Å²) in [6.45, 7) is 1.79. The number of hydrogen-bond donors (Lipinski definition) is 2. The topological polar surface area (TPSA) is 92.9 Å². The van der Waals surface area contributed by atoms with Crippen LogP contribution < -0.4 is 10.9 Å². The van der Waals surface area contributed by atoms with Crippen molar-refractivity contribution >= 4 is 34.1 Å². The van der Waals surface area contributed by atoms with Crippen LogP contribution in [0.15, 0.2) is 54.1 Å². The smallest absolute Gasteiger partial charge is 0.281 e. The number of hydrogen-bond acceptors (Lipinski definition) is 5. The highest BCUT2D eigenvalue weighted by molar-refractivity contribution is 6.33. The van der Waals surface area contributed by atoms with Crippen LogP contribution in [0.2, 0.25) is 5.02 Å². The molecule has 0 aliphatic heterocycles. The number of rotatable bonds is 4. The molecule has 0 aliphatic rings. The summed E-state index contributed by atoms with van der Waals surface area (Å²) in [5, 5.41) is 3.44. The minimum Gasteiger partial charge on any atom is -0.360 e. The molecule has 4 aromatic heterocycles. The molecule has 0 saturated carbocycles. The number of nitrogens with zero attached hydrogens (tertiary/aromatic N) is 5. The van der Waals surface area contributed by atoms with Crippen LogP contribution in [-0.2, 0) is 0 Å². The number of halogens is 3. The van der Waals surface area contributed by atoms with Crippen LogP contribution >= 0.6 is 11.6 Å². The lowest BCUT2D eigenvalue weighted by atomic mass is 10.2. The Kier molecular flexibility index (Phi) is 4.44. The van der Waals surface area contributed by atoms with Crippen molar-refractivity contribution in [3.63, 3.8) is 0 Å². The summed E-state index contributed by atoms with van der Waals surface area (Å²) in [4.78, 5) is 28.7. The molecule has 0 aliphatic carbocycles. The molecule has 156 valence electrons. The number of nitrogens with one attached hydrogen (secondary N) is 2. The van der Waals surface area contributed by atoms with Gasteiger partial charge in [-0.25, -0.2) is 23.7 Å². The van der Waals surface area contributed by atoms with Crippen LogP contribution in [0.5, 0.6) is 0 Å². The molecular formula is C20H14ClF2N7O. The number of benzene rings is 1. The summed E-state index contributed by atoms with van der Waals surface area (Å²) in [6, 6.07) is 3.99. The van der Waals surface area contributed by atoms with Gasteiger partial charge in [0.25, 0.3) is 5.56 Å². The van der Waals surface area contributed by atoms with Crippen molar-refractivity contribution in [1.29, 1.82) is 0 Å². The summed E-state index contributed by atoms with van der Waals surface area (Å²) in [5.41, 5.74) is 1.22. The second-order valence-corrected chi connectivity index (χ2v) is 7.34. The van der Waals surface area contributed by atoms with Crippen LogP contribution in [0.4, 0.5) is 14.6 Å². The normalized spacial score (nSPS) is 12.5. The maximum Gasteiger partial charge on any atom is 0.281 e. The fourth-order valence-corrected chi connectivity index (χ4v) is 3.79. The Morgan fingerprint density at radius 3 is 2.71 bits per heavy atom. The second kappa shape index (κ2) is 7.17. The van der Waals surface area contributed by atoms with E-state index in [0.717, 1.165) is 18.2 Å². The molecule has 0 fully saturated rings. The van der Waals surface area contributed by atoms with E-state index in [1.54, 1.807) is 29.8 Å². The van der Waals surface area contributed by atoms with Gasteiger partial charge in [0.2, 0.25) is 0 Å². The molecule has 8 nitrogen and oxygen atoms in total. The predicted octanol–water partition coefficient (Wildman–Crippen LogP) is 3.86. The molecule has 0 amide bonds. The highest BCUT2D eigenvalue weighted by Crippen LogP contribution is 2.25. The molecule has 1 aromatic carbocycles. The van der Waals surface area contributed by atoms with Gasteiger partial charge >= 0.3 is 0 Å². The molecule has 11 heteroatoms. The van der Waals surface area contributed by atoms with E-state index < -0.39 is 23.2 Å². The summed E-state index contributed by atoms with van der Waals surface area (Å²) in [7, 11) is 0. The average Bonchev–Trinajstić information content (AvgIpc) is 3.34. The van der Waals surface area contributed by atoms with Gasteiger partial charge in [0.05, 0.1) is 28.8 Å². The molecule has 31 heavy (non-hydrogen) atoms. The Balaban J connectivity index is 1.72. The van der Waals surface area contributed by atoms with Crippen molar-refractivity contribution in [2.24, 2.45) is 0 Å². The van der Waals surface area contributed by atoms with Gasteiger partial charge in [-0.1, -0.05) is 11.6 Å². The van der Waals surface area contributed by atoms with Gasteiger partial charge in [0.15, 0.2) is 11.5 Å². The van der Waals surface area contributed by atoms with Gasteiger partial charge < -0.3 is 14.7 Å². The molecular weight excluding hydrogens is 428 g/mol. The van der Waals surface area contributed by atoms with E-state index in [2.05, 4.69) is 25.3 Å². The van der Waals surface area contributed by atoms with E-state index >= 15 is 0 Å². The van der Waals surface area contributed by atoms with Crippen molar-refractivity contribution in [2.75, 3.05) is 5.32 Å². The lowest BCUT2D eigenvalue weighted by Gasteiger charge is -2.21. The van der Waals surface area contributed by atoms with Crippen LogP contribution in [0.25, 0.3) is 22.4 Å². The van der Waals surface area contributed by atoms with Crippen molar-refractivity contribution in [3.05, 3.63) is 82.0 Å². The van der Waals surface area contributed by atoms with E-state index in [1.807, 2.05) is 0 Å². The average molecular weight is 442 g/mol. The Hall–Kier alpha value is -3.79. The molecule has 0 radical (unpaired) electrons. The van der Waals surface area contributed by atoms with Gasteiger partial charge in [0, 0.05) is 18.5 Å². The van der Waals surface area contributed by atoms with E-state index in [9.17, 15) is 13.6 Å². The lowest BCUT2D eigenvalue weighted by Crippen LogP contribution is -2.27. The third-order valence-electron chi connectivity index (χ3n) is 4.93. The van der Waals surface area contributed by atoms with Gasteiger partial charge in [-0.15, -0.1) is 0 Å². The molecule has 1 atom stereocenters. The number of anilines is 1. The zero-order valence-corrected chi connectivity index (χ0v) is 16.7. The Morgan fingerprint density at radius 2 is 1.94 bits per heavy atom. The maximum atomic E-state index is 14.0. The molecule has 0 bridgehead atoms. The van der Waals surface area contributed by atoms with E-state index in [4.69, 9.17) is 11.6 Å². The SMILES string of the molecule is CC(Nc1ncnc2nc[nH]c12)c1cn2ccc(Cl)c2c(=O)n1-c1cc(F)cc(F)c1. The monoisotopic (exact) mass is 441 g/mol. The highest BCUT2D eigenvalue weighted by Gasteiger charge is 2.20. The molecule has 5 rings (SSSR count). The summed E-state index contributed by atoms with van der Waals surface area (Å²) < 4.78 is 30.7. The van der Waals surface area contributed by atoms with Crippen LogP contribution in [0, 0.1) is 11.6 Å². The standard InChI is InChI=1S/C20H14ClF2N7O/c1-10(28-19-16-18(25-8-24-16)26-9-27-19)15-7-29-3-2-14(21)17(29)20(31)30(15)13-5-11(22)4-12(23)6-13/h2-10H,1H3,(H2,24,25,26,27,28). The summed E-state index contributed by atoms with van der Waals surface area (Å²) in [6.07, 6.45) is 6.18. The first-order valence-electron chi connectivity index (χ1n) is 9.21. The molecule has 2 N–H and O–H groups in total. The van der Waals surface area contributed by atoms with E-state index in [-0.39, 0.29) is 16.2 Å². The van der Waals surface area contributed by atoms with Crippen molar-refractivity contribution in [1.82, 2.24) is 28.9 Å². The number of imidazole rings is 1. The Labute approximate surface area is 178 Å². The minimum atomic E-state index is -0.801.